The molecule has 0 aliphatic heterocycles. The summed E-state index contributed by atoms with van der Waals surface area (Å²) in [7, 11) is 0. The van der Waals surface area contributed by atoms with Crippen molar-refractivity contribution in [1.82, 2.24) is 5.32 Å². The lowest BCUT2D eigenvalue weighted by atomic mass is 10.00. The minimum absolute atomic E-state index is 0.467. The normalized spacial score (nSPS) is 12.4. The predicted molar refractivity (Wildman–Crippen MR) is 86.3 cm³/mol. The highest BCUT2D eigenvalue weighted by atomic mass is 35.5. The summed E-state index contributed by atoms with van der Waals surface area (Å²) in [5.41, 5.74) is 2.46. The highest BCUT2D eigenvalue weighted by Crippen LogP contribution is 2.23. The quantitative estimate of drug-likeness (QED) is 0.646. The van der Waals surface area contributed by atoms with Crippen LogP contribution in [0, 0.1) is 0 Å². The second-order valence-electron chi connectivity index (χ2n) is 5.10. The molecule has 0 saturated heterocycles. The SMILES string of the molecule is C=C(C)CCC(Cc1ccc(Cl)c(Cl)c1)NCCC. The maximum atomic E-state index is 6.06. The number of halogens is 2. The van der Waals surface area contributed by atoms with Crippen LogP contribution in [0.25, 0.3) is 0 Å². The Hall–Kier alpha value is -0.500. The first kappa shape index (κ1) is 16.6. The molecule has 0 fully saturated rings. The first-order chi connectivity index (χ1) is 9.02. The molecule has 1 atom stereocenters. The summed E-state index contributed by atoms with van der Waals surface area (Å²) in [6.45, 7) is 9.28. The molecule has 106 valence electrons. The van der Waals surface area contributed by atoms with E-state index in [1.807, 2.05) is 12.1 Å². The zero-order valence-corrected chi connectivity index (χ0v) is 13.3. The Morgan fingerprint density at radius 2 is 2.05 bits per heavy atom. The van der Waals surface area contributed by atoms with Gasteiger partial charge < -0.3 is 5.32 Å². The average Bonchev–Trinajstić information content (AvgIpc) is 2.37. The molecule has 0 heterocycles. The highest BCUT2D eigenvalue weighted by Gasteiger charge is 2.10. The maximum absolute atomic E-state index is 6.06. The molecule has 3 heteroatoms. The number of benzene rings is 1. The molecule has 0 bridgehead atoms. The Morgan fingerprint density at radius 1 is 1.32 bits per heavy atom. The lowest BCUT2D eigenvalue weighted by Crippen LogP contribution is -2.31. The molecule has 1 unspecified atom stereocenters. The molecule has 0 saturated carbocycles. The second-order valence-corrected chi connectivity index (χ2v) is 5.91. The summed E-state index contributed by atoms with van der Waals surface area (Å²) in [6.07, 6.45) is 4.29. The topological polar surface area (TPSA) is 12.0 Å². The fourth-order valence-corrected chi connectivity index (χ4v) is 2.32. The summed E-state index contributed by atoms with van der Waals surface area (Å²) in [6, 6.07) is 6.35. The van der Waals surface area contributed by atoms with Crippen molar-refractivity contribution in [3.63, 3.8) is 0 Å². The fraction of sp³-hybridized carbons (Fsp3) is 0.500. The molecule has 0 aliphatic carbocycles. The van der Waals surface area contributed by atoms with E-state index in [-0.39, 0.29) is 0 Å². The van der Waals surface area contributed by atoms with E-state index < -0.39 is 0 Å². The van der Waals surface area contributed by atoms with Crippen LogP contribution in [0.1, 0.15) is 38.7 Å². The van der Waals surface area contributed by atoms with Crippen molar-refractivity contribution < 1.29 is 0 Å². The van der Waals surface area contributed by atoms with E-state index in [4.69, 9.17) is 23.2 Å². The summed E-state index contributed by atoms with van der Waals surface area (Å²) < 4.78 is 0. The first-order valence-electron chi connectivity index (χ1n) is 6.84. The largest absolute Gasteiger partial charge is 0.314 e. The summed E-state index contributed by atoms with van der Waals surface area (Å²) in [5.74, 6) is 0. The third kappa shape index (κ3) is 6.47. The van der Waals surface area contributed by atoms with Crippen LogP contribution in [-0.2, 0) is 6.42 Å². The van der Waals surface area contributed by atoms with Gasteiger partial charge in [0.15, 0.2) is 0 Å². The van der Waals surface area contributed by atoms with E-state index in [1.165, 1.54) is 11.1 Å². The Morgan fingerprint density at radius 3 is 2.63 bits per heavy atom. The Bertz CT molecular complexity index is 415. The Labute approximate surface area is 127 Å². The molecule has 19 heavy (non-hydrogen) atoms. The highest BCUT2D eigenvalue weighted by molar-refractivity contribution is 6.42. The molecule has 0 aromatic heterocycles. The van der Waals surface area contributed by atoms with E-state index in [0.29, 0.717) is 16.1 Å². The van der Waals surface area contributed by atoms with Gasteiger partial charge in [0, 0.05) is 6.04 Å². The lowest BCUT2D eigenvalue weighted by Gasteiger charge is -2.19. The Balaban J connectivity index is 2.63. The second kappa shape index (κ2) is 8.63. The van der Waals surface area contributed by atoms with E-state index in [9.17, 15) is 0 Å². The van der Waals surface area contributed by atoms with Crippen LogP contribution in [0.4, 0.5) is 0 Å². The van der Waals surface area contributed by atoms with Gasteiger partial charge in [0.25, 0.3) is 0 Å². The molecular weight excluding hydrogens is 277 g/mol. The summed E-state index contributed by atoms with van der Waals surface area (Å²) >= 11 is 12.0. The van der Waals surface area contributed by atoms with Gasteiger partial charge in [0.2, 0.25) is 0 Å². The van der Waals surface area contributed by atoms with Gasteiger partial charge in [-0.15, -0.1) is 6.58 Å². The minimum atomic E-state index is 0.467. The molecule has 0 amide bonds. The molecule has 0 spiro atoms. The molecular formula is C16H23Cl2N. The average molecular weight is 300 g/mol. The lowest BCUT2D eigenvalue weighted by molar-refractivity contribution is 0.477. The summed E-state index contributed by atoms with van der Waals surface area (Å²) in [5, 5.41) is 4.84. The van der Waals surface area contributed by atoms with Crippen molar-refractivity contribution in [3.05, 3.63) is 46.0 Å². The van der Waals surface area contributed by atoms with Crippen LogP contribution in [0.15, 0.2) is 30.4 Å². The zero-order chi connectivity index (χ0) is 14.3. The zero-order valence-electron chi connectivity index (χ0n) is 11.8. The van der Waals surface area contributed by atoms with Crippen molar-refractivity contribution in [2.75, 3.05) is 6.54 Å². The van der Waals surface area contributed by atoms with Crippen LogP contribution >= 0.6 is 23.2 Å². The van der Waals surface area contributed by atoms with Crippen molar-refractivity contribution in [2.24, 2.45) is 0 Å². The van der Waals surface area contributed by atoms with E-state index in [0.717, 1.165) is 32.2 Å². The number of hydrogen-bond acceptors (Lipinski definition) is 1. The van der Waals surface area contributed by atoms with Crippen LogP contribution < -0.4 is 5.32 Å². The minimum Gasteiger partial charge on any atom is -0.314 e. The smallest absolute Gasteiger partial charge is 0.0595 e. The van der Waals surface area contributed by atoms with Crippen LogP contribution in [0.2, 0.25) is 10.0 Å². The summed E-state index contributed by atoms with van der Waals surface area (Å²) in [4.78, 5) is 0. The van der Waals surface area contributed by atoms with Gasteiger partial charge in [-0.05, 0) is 56.8 Å². The monoisotopic (exact) mass is 299 g/mol. The third-order valence-corrected chi connectivity index (χ3v) is 3.81. The van der Waals surface area contributed by atoms with Crippen molar-refractivity contribution in [3.8, 4) is 0 Å². The van der Waals surface area contributed by atoms with Gasteiger partial charge in [-0.25, -0.2) is 0 Å². The molecule has 1 aromatic carbocycles. The van der Waals surface area contributed by atoms with Crippen LogP contribution in [-0.4, -0.2) is 12.6 Å². The van der Waals surface area contributed by atoms with Gasteiger partial charge in [0.05, 0.1) is 10.0 Å². The molecule has 1 N–H and O–H groups in total. The number of hydrogen-bond donors (Lipinski definition) is 1. The van der Waals surface area contributed by atoms with E-state index in [2.05, 4.69) is 31.8 Å². The Kier molecular flexibility index (Phi) is 7.52. The van der Waals surface area contributed by atoms with Gasteiger partial charge in [0.1, 0.15) is 0 Å². The fourth-order valence-electron chi connectivity index (χ4n) is 2.00. The first-order valence-corrected chi connectivity index (χ1v) is 7.60. The van der Waals surface area contributed by atoms with Gasteiger partial charge in [-0.3, -0.25) is 0 Å². The number of nitrogens with one attached hydrogen (secondary N) is 1. The van der Waals surface area contributed by atoms with E-state index >= 15 is 0 Å². The molecule has 0 aliphatic rings. The molecule has 1 rings (SSSR count). The third-order valence-electron chi connectivity index (χ3n) is 3.07. The van der Waals surface area contributed by atoms with Crippen molar-refractivity contribution >= 4 is 23.2 Å². The number of allylic oxidation sites excluding steroid dienone is 1. The molecule has 0 radical (unpaired) electrons. The predicted octanol–water partition coefficient (Wildman–Crippen LogP) is 5.26. The molecule has 1 nitrogen and oxygen atoms in total. The van der Waals surface area contributed by atoms with Gasteiger partial charge in [-0.1, -0.05) is 41.8 Å². The number of rotatable bonds is 8. The molecule has 1 aromatic rings. The van der Waals surface area contributed by atoms with Gasteiger partial charge in [-0.2, -0.15) is 0 Å². The van der Waals surface area contributed by atoms with Crippen LogP contribution in [0.3, 0.4) is 0 Å². The van der Waals surface area contributed by atoms with E-state index in [1.54, 1.807) is 0 Å². The van der Waals surface area contributed by atoms with Crippen LogP contribution in [0.5, 0.6) is 0 Å². The maximum Gasteiger partial charge on any atom is 0.0595 e. The van der Waals surface area contributed by atoms with Crippen molar-refractivity contribution in [2.45, 2.75) is 45.6 Å². The van der Waals surface area contributed by atoms with Gasteiger partial charge >= 0.3 is 0 Å². The van der Waals surface area contributed by atoms with Crippen molar-refractivity contribution in [1.29, 1.82) is 0 Å². The standard InChI is InChI=1S/C16H23Cl2N/c1-4-9-19-14(7-5-12(2)3)10-13-6-8-15(17)16(18)11-13/h6,8,11,14,19H,2,4-5,7,9-10H2,1,3H3.